The van der Waals surface area contributed by atoms with Crippen LogP contribution in [-0.2, 0) is 4.79 Å². The van der Waals surface area contributed by atoms with Gasteiger partial charge >= 0.3 is 0 Å². The Morgan fingerprint density at radius 2 is 1.34 bits per heavy atom. The molecule has 0 aliphatic carbocycles. The van der Waals surface area contributed by atoms with Crippen molar-refractivity contribution in [3.63, 3.8) is 0 Å². The molecule has 10 heteroatoms. The molecule has 3 rings (SSSR count). The van der Waals surface area contributed by atoms with Crippen LogP contribution in [0, 0.1) is 17.5 Å². The maximum atomic E-state index is 13.6. The van der Waals surface area contributed by atoms with E-state index in [2.05, 4.69) is 5.32 Å². The first-order chi connectivity index (χ1) is 15.2. The molecule has 0 atom stereocenters. The van der Waals surface area contributed by atoms with Crippen LogP contribution >= 0.6 is 0 Å². The lowest BCUT2D eigenvalue weighted by atomic mass is 10.2. The summed E-state index contributed by atoms with van der Waals surface area (Å²) in [5.74, 6) is -5.75. The average Bonchev–Trinajstić information content (AvgIpc) is 2.78. The number of primary amides is 1. The van der Waals surface area contributed by atoms with Crippen molar-refractivity contribution in [3.8, 4) is 11.5 Å². The quantitative estimate of drug-likeness (QED) is 0.487. The molecule has 0 aromatic heterocycles. The molecular formula is C22H16F3N3O4. The molecule has 0 heterocycles. The van der Waals surface area contributed by atoms with Crippen molar-refractivity contribution >= 4 is 23.4 Å². The van der Waals surface area contributed by atoms with Gasteiger partial charge in [-0.2, -0.15) is 0 Å². The van der Waals surface area contributed by atoms with Crippen LogP contribution in [0.2, 0.25) is 0 Å². The van der Waals surface area contributed by atoms with E-state index in [9.17, 15) is 27.6 Å². The summed E-state index contributed by atoms with van der Waals surface area (Å²) in [6.07, 6.45) is 0. The third-order valence-corrected chi connectivity index (χ3v) is 4.21. The van der Waals surface area contributed by atoms with Gasteiger partial charge in [-0.05, 0) is 60.7 Å². The van der Waals surface area contributed by atoms with Gasteiger partial charge in [0.1, 0.15) is 11.5 Å². The molecule has 0 spiro atoms. The van der Waals surface area contributed by atoms with Gasteiger partial charge in [-0.25, -0.2) is 13.2 Å². The molecule has 0 aliphatic heterocycles. The van der Waals surface area contributed by atoms with Gasteiger partial charge in [0.05, 0.1) is 12.2 Å². The van der Waals surface area contributed by atoms with Crippen LogP contribution in [0.5, 0.6) is 11.5 Å². The van der Waals surface area contributed by atoms with Gasteiger partial charge in [-0.15, -0.1) is 0 Å². The van der Waals surface area contributed by atoms with Crippen LogP contribution in [0.1, 0.15) is 20.7 Å². The standard InChI is InChI=1S/C22H16F3N3O4/c23-16-9-10-17(20(25)19(16)24)28-18(29)11-27-22(31)13-3-7-15(8-4-13)32-14-5-1-12(2-6-14)21(26)30/h1-10H,11H2,(H2,26,30)(H,27,31)(H,28,29). The Morgan fingerprint density at radius 3 is 1.91 bits per heavy atom. The summed E-state index contributed by atoms with van der Waals surface area (Å²) < 4.78 is 45.3. The number of hydrogen-bond acceptors (Lipinski definition) is 4. The fourth-order valence-corrected chi connectivity index (χ4v) is 2.58. The minimum atomic E-state index is -1.71. The lowest BCUT2D eigenvalue weighted by Gasteiger charge is -2.09. The van der Waals surface area contributed by atoms with E-state index in [1.165, 1.54) is 36.4 Å². The van der Waals surface area contributed by atoms with Crippen LogP contribution in [-0.4, -0.2) is 24.3 Å². The first-order valence-electron chi connectivity index (χ1n) is 9.14. The molecule has 4 N–H and O–H groups in total. The Morgan fingerprint density at radius 1 is 0.781 bits per heavy atom. The zero-order valence-corrected chi connectivity index (χ0v) is 16.3. The van der Waals surface area contributed by atoms with Crippen LogP contribution in [0.4, 0.5) is 18.9 Å². The molecule has 0 fully saturated rings. The first-order valence-corrected chi connectivity index (χ1v) is 9.14. The number of benzene rings is 3. The zero-order valence-electron chi connectivity index (χ0n) is 16.3. The second-order valence-corrected chi connectivity index (χ2v) is 6.47. The second kappa shape index (κ2) is 9.65. The minimum absolute atomic E-state index is 0.216. The van der Waals surface area contributed by atoms with Gasteiger partial charge in [0.2, 0.25) is 11.8 Å². The lowest BCUT2D eigenvalue weighted by molar-refractivity contribution is -0.115. The molecule has 0 bridgehead atoms. The van der Waals surface area contributed by atoms with Crippen molar-refractivity contribution in [2.24, 2.45) is 5.73 Å². The molecule has 32 heavy (non-hydrogen) atoms. The summed E-state index contributed by atoms with van der Waals surface area (Å²) in [5.41, 5.74) is 5.18. The molecule has 0 unspecified atom stereocenters. The number of amides is 3. The van der Waals surface area contributed by atoms with E-state index < -0.39 is 47.4 Å². The lowest BCUT2D eigenvalue weighted by Crippen LogP contribution is -2.33. The molecule has 0 radical (unpaired) electrons. The smallest absolute Gasteiger partial charge is 0.251 e. The number of hydrogen-bond donors (Lipinski definition) is 3. The van der Waals surface area contributed by atoms with Crippen molar-refractivity contribution < 1.29 is 32.3 Å². The minimum Gasteiger partial charge on any atom is -0.457 e. The Kier molecular flexibility index (Phi) is 6.74. The molecule has 164 valence electrons. The number of rotatable bonds is 7. The Balaban J connectivity index is 1.53. The molecular weight excluding hydrogens is 427 g/mol. The van der Waals surface area contributed by atoms with E-state index in [4.69, 9.17) is 10.5 Å². The fraction of sp³-hybridized carbons (Fsp3) is 0.0455. The van der Waals surface area contributed by atoms with E-state index in [-0.39, 0.29) is 5.56 Å². The summed E-state index contributed by atoms with van der Waals surface area (Å²) in [6.45, 7) is -0.526. The van der Waals surface area contributed by atoms with Crippen molar-refractivity contribution in [1.82, 2.24) is 5.32 Å². The Hall–Kier alpha value is -4.34. The number of nitrogens with one attached hydrogen (secondary N) is 2. The number of halogens is 3. The maximum absolute atomic E-state index is 13.6. The number of nitrogens with two attached hydrogens (primary N) is 1. The van der Waals surface area contributed by atoms with Crippen molar-refractivity contribution in [2.75, 3.05) is 11.9 Å². The average molecular weight is 443 g/mol. The first kappa shape index (κ1) is 22.3. The van der Waals surface area contributed by atoms with Crippen LogP contribution < -0.4 is 21.1 Å². The maximum Gasteiger partial charge on any atom is 0.251 e. The third kappa shape index (κ3) is 5.42. The van der Waals surface area contributed by atoms with E-state index >= 15 is 0 Å². The van der Waals surface area contributed by atoms with Crippen molar-refractivity contribution in [2.45, 2.75) is 0 Å². The summed E-state index contributed by atoms with van der Waals surface area (Å²) in [4.78, 5) is 35.1. The van der Waals surface area contributed by atoms with Gasteiger partial charge in [0, 0.05) is 11.1 Å². The second-order valence-electron chi connectivity index (χ2n) is 6.47. The summed E-state index contributed by atoms with van der Waals surface area (Å²) in [6, 6.07) is 13.6. The molecule has 7 nitrogen and oxygen atoms in total. The Bertz CT molecular complexity index is 1170. The van der Waals surface area contributed by atoms with E-state index in [0.29, 0.717) is 23.1 Å². The number of carbonyl (C=O) groups excluding carboxylic acids is 3. The fourth-order valence-electron chi connectivity index (χ4n) is 2.58. The predicted molar refractivity (Wildman–Crippen MR) is 109 cm³/mol. The SMILES string of the molecule is NC(=O)c1ccc(Oc2ccc(C(=O)NCC(=O)Nc3ccc(F)c(F)c3F)cc2)cc1. The van der Waals surface area contributed by atoms with E-state index in [1.807, 2.05) is 5.32 Å². The van der Waals surface area contributed by atoms with Gasteiger partial charge < -0.3 is 21.1 Å². The van der Waals surface area contributed by atoms with Gasteiger partial charge in [-0.1, -0.05) is 0 Å². The van der Waals surface area contributed by atoms with E-state index in [0.717, 1.165) is 6.07 Å². The highest BCUT2D eigenvalue weighted by Crippen LogP contribution is 2.22. The summed E-state index contributed by atoms with van der Waals surface area (Å²) in [5, 5.41) is 4.37. The van der Waals surface area contributed by atoms with Gasteiger partial charge in [-0.3, -0.25) is 14.4 Å². The molecule has 0 aliphatic rings. The Labute approximate surface area is 180 Å². The highest BCUT2D eigenvalue weighted by Gasteiger charge is 2.16. The number of anilines is 1. The predicted octanol–water partition coefficient (Wildman–Crippen LogP) is 3.36. The van der Waals surface area contributed by atoms with Crippen LogP contribution in [0.15, 0.2) is 60.7 Å². The molecule has 0 saturated carbocycles. The highest BCUT2D eigenvalue weighted by molar-refractivity contribution is 5.99. The molecule has 0 saturated heterocycles. The largest absolute Gasteiger partial charge is 0.457 e. The number of carbonyl (C=O) groups is 3. The van der Waals surface area contributed by atoms with Gasteiger partial charge in [0.15, 0.2) is 17.5 Å². The molecule has 3 amide bonds. The van der Waals surface area contributed by atoms with E-state index in [1.54, 1.807) is 12.1 Å². The summed E-state index contributed by atoms with van der Waals surface area (Å²) >= 11 is 0. The topological polar surface area (TPSA) is 111 Å². The number of ether oxygens (including phenoxy) is 1. The zero-order chi connectivity index (χ0) is 23.3. The van der Waals surface area contributed by atoms with Gasteiger partial charge in [0.25, 0.3) is 5.91 Å². The molecule has 3 aromatic carbocycles. The highest BCUT2D eigenvalue weighted by atomic mass is 19.2. The van der Waals surface area contributed by atoms with Crippen LogP contribution in [0.3, 0.4) is 0 Å². The normalized spacial score (nSPS) is 10.3. The third-order valence-electron chi connectivity index (χ3n) is 4.21. The van der Waals surface area contributed by atoms with Crippen LogP contribution in [0.25, 0.3) is 0 Å². The molecule has 3 aromatic rings. The van der Waals surface area contributed by atoms with Crippen molar-refractivity contribution in [3.05, 3.63) is 89.2 Å². The van der Waals surface area contributed by atoms with Crippen molar-refractivity contribution in [1.29, 1.82) is 0 Å². The monoisotopic (exact) mass is 443 g/mol. The summed E-state index contributed by atoms with van der Waals surface area (Å²) in [7, 11) is 0.